The van der Waals surface area contributed by atoms with Gasteiger partial charge in [-0.25, -0.2) is 9.47 Å². The molecule has 0 saturated carbocycles. The van der Waals surface area contributed by atoms with Crippen LogP contribution in [0.4, 0.5) is 4.79 Å². The molecule has 0 spiro atoms. The molecule has 1 radical (unpaired) electrons. The number of aromatic nitrogens is 1. The smallest absolute Gasteiger partial charge is 0.408 e. The molecule has 7 nitrogen and oxygen atoms in total. The van der Waals surface area contributed by atoms with Crippen LogP contribution < -0.4 is 10.6 Å². The minimum Gasteiger partial charge on any atom is -0.444 e. The Labute approximate surface area is 146 Å². The van der Waals surface area contributed by atoms with Crippen LogP contribution in [0.3, 0.4) is 0 Å². The van der Waals surface area contributed by atoms with E-state index in [1.54, 1.807) is 31.5 Å². The summed E-state index contributed by atoms with van der Waals surface area (Å²) in [5, 5.41) is 12.2. The average Bonchev–Trinajstić information content (AvgIpc) is 2.90. The fourth-order valence-corrected chi connectivity index (χ4v) is 2.63. The van der Waals surface area contributed by atoms with Crippen LogP contribution in [-0.4, -0.2) is 34.2 Å². The lowest BCUT2D eigenvalue weighted by Crippen LogP contribution is -2.48. The lowest BCUT2D eigenvalue weighted by Gasteiger charge is -2.24. The molecule has 1 atom stereocenters. The van der Waals surface area contributed by atoms with Gasteiger partial charge in [0.2, 0.25) is 0 Å². The molecule has 1 N–H and O–H groups in total. The molecule has 1 unspecified atom stereocenters. The average molecular weight is 341 g/mol. The first-order valence-electron chi connectivity index (χ1n) is 8.23. The summed E-state index contributed by atoms with van der Waals surface area (Å²) in [7, 11) is 0. The molecule has 1 aromatic carbocycles. The summed E-state index contributed by atoms with van der Waals surface area (Å²) in [6.07, 6.45) is -0.0310. The molecule has 1 aliphatic heterocycles. The molecule has 2 aromatic rings. The Kier molecular flexibility index (Phi) is 4.24. The zero-order chi connectivity index (χ0) is 18.2. The standard InChI is InChI=1S/C18H21N4O3/c1-5-12(19-17(24)25-18(2,3)4)15-20-16(23)14-10-11-8-6-7-9-13(11)22(14)21-15/h6-10,12H,5H2,1-4H3,(H,19,24). The summed E-state index contributed by atoms with van der Waals surface area (Å²) >= 11 is 0. The maximum absolute atomic E-state index is 12.4. The second-order valence-corrected chi connectivity index (χ2v) is 6.88. The van der Waals surface area contributed by atoms with Gasteiger partial charge in [0, 0.05) is 5.39 Å². The molecular formula is C18H21N4O3. The summed E-state index contributed by atoms with van der Waals surface area (Å²) in [5.74, 6) is -0.0992. The fourth-order valence-electron chi connectivity index (χ4n) is 2.63. The number of para-hydroxylation sites is 1. The lowest BCUT2D eigenvalue weighted by molar-refractivity contribution is 0.0515. The molecule has 7 heteroatoms. The van der Waals surface area contributed by atoms with E-state index >= 15 is 0 Å². The number of carbonyl (C=O) groups is 2. The van der Waals surface area contributed by atoms with Crippen molar-refractivity contribution < 1.29 is 14.3 Å². The number of rotatable bonds is 3. The Morgan fingerprint density at radius 3 is 2.72 bits per heavy atom. The number of carbonyl (C=O) groups excluding carboxylic acids is 2. The molecule has 0 aliphatic carbocycles. The number of hydrogen-bond donors (Lipinski definition) is 1. The number of amidine groups is 1. The van der Waals surface area contributed by atoms with Gasteiger partial charge in [-0.2, -0.15) is 5.32 Å². The van der Waals surface area contributed by atoms with Crippen molar-refractivity contribution in [3.05, 3.63) is 36.0 Å². The number of nitrogens with one attached hydrogen (secondary N) is 1. The van der Waals surface area contributed by atoms with Crippen LogP contribution in [0, 0.1) is 0 Å². The predicted octanol–water partition coefficient (Wildman–Crippen LogP) is 2.86. The molecule has 0 bridgehead atoms. The van der Waals surface area contributed by atoms with Crippen LogP contribution >= 0.6 is 0 Å². The van der Waals surface area contributed by atoms with Gasteiger partial charge < -0.3 is 10.1 Å². The molecule has 2 amide bonds. The third kappa shape index (κ3) is 3.50. The first-order chi connectivity index (χ1) is 11.8. The zero-order valence-corrected chi connectivity index (χ0v) is 14.7. The molecule has 2 heterocycles. The van der Waals surface area contributed by atoms with E-state index in [1.807, 2.05) is 31.2 Å². The predicted molar refractivity (Wildman–Crippen MR) is 94.7 cm³/mol. The van der Waals surface area contributed by atoms with E-state index < -0.39 is 17.7 Å². The van der Waals surface area contributed by atoms with Crippen molar-refractivity contribution in [2.75, 3.05) is 0 Å². The molecule has 1 aliphatic rings. The molecule has 3 rings (SSSR count). The largest absolute Gasteiger partial charge is 0.444 e. The number of benzene rings is 1. The third-order valence-electron chi connectivity index (χ3n) is 3.73. The highest BCUT2D eigenvalue weighted by Gasteiger charge is 2.29. The summed E-state index contributed by atoms with van der Waals surface area (Å²) in [5.41, 5.74) is 0.635. The summed E-state index contributed by atoms with van der Waals surface area (Å²) < 4.78 is 6.86. The number of fused-ring (bicyclic) bond motifs is 3. The van der Waals surface area contributed by atoms with Crippen molar-refractivity contribution in [2.45, 2.75) is 45.8 Å². The van der Waals surface area contributed by atoms with Crippen LogP contribution in [0.1, 0.15) is 44.6 Å². The Morgan fingerprint density at radius 1 is 1.32 bits per heavy atom. The first kappa shape index (κ1) is 17.0. The minimum absolute atomic E-state index is 0.271. The van der Waals surface area contributed by atoms with Crippen molar-refractivity contribution in [3.63, 3.8) is 0 Å². The quantitative estimate of drug-likeness (QED) is 0.931. The van der Waals surface area contributed by atoms with Crippen LogP contribution in [0.25, 0.3) is 10.9 Å². The molecule has 0 saturated heterocycles. The summed E-state index contributed by atoms with van der Waals surface area (Å²) in [6.45, 7) is 7.25. The highest BCUT2D eigenvalue weighted by Crippen LogP contribution is 2.22. The Hall–Kier alpha value is -2.83. The number of nitrogens with zero attached hydrogens (tertiary/aromatic N) is 3. The van der Waals surface area contributed by atoms with Crippen molar-refractivity contribution in [1.29, 1.82) is 0 Å². The Morgan fingerprint density at radius 2 is 2.04 bits per heavy atom. The van der Waals surface area contributed by atoms with Gasteiger partial charge in [0.05, 0.1) is 11.6 Å². The molecule has 0 fully saturated rings. The number of amides is 2. The highest BCUT2D eigenvalue weighted by molar-refractivity contribution is 6.11. The lowest BCUT2D eigenvalue weighted by atomic mass is 10.2. The SMILES string of the molecule is CCC(NC(=O)OC(C)(C)C)C1=Nn2c(cc3ccccc32)C(=O)[N]1. The second-order valence-electron chi connectivity index (χ2n) is 6.88. The molecular weight excluding hydrogens is 320 g/mol. The van der Waals surface area contributed by atoms with E-state index in [9.17, 15) is 9.59 Å². The van der Waals surface area contributed by atoms with Gasteiger partial charge in [-0.1, -0.05) is 25.1 Å². The van der Waals surface area contributed by atoms with E-state index in [4.69, 9.17) is 4.74 Å². The van der Waals surface area contributed by atoms with Gasteiger partial charge in [-0.05, 0) is 39.3 Å². The van der Waals surface area contributed by atoms with E-state index in [0.717, 1.165) is 10.9 Å². The van der Waals surface area contributed by atoms with E-state index in [1.165, 1.54) is 0 Å². The van der Waals surface area contributed by atoms with Crippen molar-refractivity contribution >= 4 is 28.7 Å². The summed E-state index contributed by atoms with van der Waals surface area (Å²) in [6, 6.07) is 8.86. The van der Waals surface area contributed by atoms with Gasteiger partial charge in [0.15, 0.2) is 5.84 Å². The Balaban J connectivity index is 1.91. The number of hydrogen-bond acceptors (Lipinski definition) is 4. The van der Waals surface area contributed by atoms with Gasteiger partial charge in [0.25, 0.3) is 5.91 Å². The minimum atomic E-state index is -0.604. The van der Waals surface area contributed by atoms with Gasteiger partial charge in [0.1, 0.15) is 11.3 Å². The molecule has 131 valence electrons. The van der Waals surface area contributed by atoms with Gasteiger partial charge in [-0.3, -0.25) is 4.79 Å². The number of alkyl carbamates (subject to hydrolysis) is 1. The van der Waals surface area contributed by atoms with Crippen LogP contribution in [0.5, 0.6) is 0 Å². The van der Waals surface area contributed by atoms with E-state index in [-0.39, 0.29) is 11.7 Å². The van der Waals surface area contributed by atoms with Crippen molar-refractivity contribution in [1.82, 2.24) is 15.3 Å². The topological polar surface area (TPSA) is 86.8 Å². The van der Waals surface area contributed by atoms with Gasteiger partial charge >= 0.3 is 6.09 Å². The third-order valence-corrected chi connectivity index (χ3v) is 3.73. The van der Waals surface area contributed by atoms with Crippen LogP contribution in [0.2, 0.25) is 0 Å². The van der Waals surface area contributed by atoms with Crippen LogP contribution in [0.15, 0.2) is 35.4 Å². The highest BCUT2D eigenvalue weighted by atomic mass is 16.6. The monoisotopic (exact) mass is 341 g/mol. The Bertz CT molecular complexity index is 861. The number of ether oxygens (including phenoxy) is 1. The van der Waals surface area contributed by atoms with Crippen LogP contribution in [-0.2, 0) is 4.74 Å². The van der Waals surface area contributed by atoms with Gasteiger partial charge in [-0.15, -0.1) is 5.10 Å². The van der Waals surface area contributed by atoms with E-state index in [2.05, 4.69) is 15.7 Å². The van der Waals surface area contributed by atoms with Crippen molar-refractivity contribution in [3.8, 4) is 0 Å². The first-order valence-corrected chi connectivity index (χ1v) is 8.23. The van der Waals surface area contributed by atoms with E-state index in [0.29, 0.717) is 12.1 Å². The maximum atomic E-state index is 12.4. The summed E-state index contributed by atoms with van der Waals surface area (Å²) in [4.78, 5) is 24.4. The second kappa shape index (κ2) is 6.23. The normalized spacial score (nSPS) is 15.2. The molecule has 25 heavy (non-hydrogen) atoms. The maximum Gasteiger partial charge on any atom is 0.408 e. The fraction of sp³-hybridized carbons (Fsp3) is 0.389. The molecule has 1 aromatic heterocycles. The zero-order valence-electron chi connectivity index (χ0n) is 14.7. The van der Waals surface area contributed by atoms with Crippen molar-refractivity contribution in [2.24, 2.45) is 5.10 Å².